The summed E-state index contributed by atoms with van der Waals surface area (Å²) in [4.78, 5) is 25.0. The Labute approximate surface area is 241 Å². The van der Waals surface area contributed by atoms with E-state index in [1.54, 1.807) is 60.7 Å². The number of carbonyl (C=O) groups excluding carboxylic acids is 2. The number of hydrogen-bond donors (Lipinski definition) is 2. The van der Waals surface area contributed by atoms with Crippen LogP contribution >= 0.6 is 0 Å². The van der Waals surface area contributed by atoms with Gasteiger partial charge in [0, 0.05) is 25.0 Å². The standard InChI is InChI=1S/C32H30F2N2O6/c33-23-13-7-15-25(17-23)39-27(21-9-3-1-4-10-21)19-29(35)41-31(37)32(38)42-30(36)20-28(22-11-5-2-6-12-22)40-26-16-8-14-24(34)18-26/h1-18,27-30H,19-20,35-36H2. The second kappa shape index (κ2) is 14.7. The molecule has 0 bridgehead atoms. The molecule has 4 N–H and O–H groups in total. The summed E-state index contributed by atoms with van der Waals surface area (Å²) < 4.78 is 49.4. The van der Waals surface area contributed by atoms with Crippen molar-refractivity contribution in [3.05, 3.63) is 132 Å². The molecule has 0 saturated heterocycles. The van der Waals surface area contributed by atoms with Gasteiger partial charge < -0.3 is 18.9 Å². The number of esters is 2. The number of benzene rings is 4. The lowest BCUT2D eigenvalue weighted by molar-refractivity contribution is -0.175. The van der Waals surface area contributed by atoms with E-state index >= 15 is 0 Å². The Bertz CT molecular complexity index is 1350. The first kappa shape index (κ1) is 30.2. The molecule has 0 aliphatic rings. The zero-order chi connectivity index (χ0) is 29.9. The van der Waals surface area contributed by atoms with E-state index < -0.39 is 48.2 Å². The molecule has 10 heteroatoms. The second-order valence-corrected chi connectivity index (χ2v) is 9.31. The van der Waals surface area contributed by atoms with Gasteiger partial charge in [-0.3, -0.25) is 11.5 Å². The third-order valence-corrected chi connectivity index (χ3v) is 6.07. The van der Waals surface area contributed by atoms with E-state index in [2.05, 4.69) is 0 Å². The van der Waals surface area contributed by atoms with Crippen LogP contribution < -0.4 is 20.9 Å². The van der Waals surface area contributed by atoms with Gasteiger partial charge in [-0.05, 0) is 35.4 Å². The van der Waals surface area contributed by atoms with Crippen LogP contribution in [-0.2, 0) is 19.1 Å². The van der Waals surface area contributed by atoms with Gasteiger partial charge in [0.25, 0.3) is 0 Å². The fourth-order valence-electron chi connectivity index (χ4n) is 4.14. The first-order valence-electron chi connectivity index (χ1n) is 13.1. The largest absolute Gasteiger partial charge is 0.485 e. The average molecular weight is 577 g/mol. The fourth-order valence-corrected chi connectivity index (χ4v) is 4.14. The lowest BCUT2D eigenvalue weighted by Crippen LogP contribution is -2.37. The predicted octanol–water partition coefficient (Wildman–Crippen LogP) is 5.34. The van der Waals surface area contributed by atoms with Crippen LogP contribution in [0.2, 0.25) is 0 Å². The van der Waals surface area contributed by atoms with Gasteiger partial charge in [0.2, 0.25) is 0 Å². The van der Waals surface area contributed by atoms with Crippen molar-refractivity contribution in [1.29, 1.82) is 0 Å². The van der Waals surface area contributed by atoms with Crippen LogP contribution in [-0.4, -0.2) is 24.4 Å². The quantitative estimate of drug-likeness (QED) is 0.132. The molecule has 0 aromatic heterocycles. The Morgan fingerprint density at radius 3 is 1.31 bits per heavy atom. The van der Waals surface area contributed by atoms with Crippen molar-refractivity contribution < 1.29 is 37.3 Å². The highest BCUT2D eigenvalue weighted by molar-refractivity contribution is 6.29. The molecule has 218 valence electrons. The number of ether oxygens (including phenoxy) is 4. The summed E-state index contributed by atoms with van der Waals surface area (Å²) in [5.41, 5.74) is 13.5. The van der Waals surface area contributed by atoms with E-state index in [1.165, 1.54) is 36.4 Å². The zero-order valence-corrected chi connectivity index (χ0v) is 22.5. The smallest absolute Gasteiger partial charge is 0.419 e. The highest BCUT2D eigenvalue weighted by atomic mass is 19.1. The number of rotatable bonds is 12. The number of carbonyl (C=O) groups is 2. The van der Waals surface area contributed by atoms with Crippen molar-refractivity contribution in [3.63, 3.8) is 0 Å². The topological polar surface area (TPSA) is 123 Å². The molecule has 0 fully saturated rings. The summed E-state index contributed by atoms with van der Waals surface area (Å²) in [6.07, 6.45) is -4.09. The van der Waals surface area contributed by atoms with Crippen molar-refractivity contribution in [3.8, 4) is 11.5 Å². The maximum atomic E-state index is 13.7. The number of hydrogen-bond acceptors (Lipinski definition) is 8. The summed E-state index contributed by atoms with van der Waals surface area (Å²) in [5.74, 6) is -3.16. The van der Waals surface area contributed by atoms with Crippen molar-refractivity contribution in [2.24, 2.45) is 11.5 Å². The maximum absolute atomic E-state index is 13.7. The minimum Gasteiger partial charge on any atom is -0.485 e. The first-order valence-corrected chi connectivity index (χ1v) is 13.1. The molecule has 4 unspecified atom stereocenters. The molecule has 0 spiro atoms. The van der Waals surface area contributed by atoms with E-state index in [0.29, 0.717) is 11.1 Å². The second-order valence-electron chi connectivity index (χ2n) is 9.31. The van der Waals surface area contributed by atoms with Crippen LogP contribution in [0.5, 0.6) is 11.5 Å². The van der Waals surface area contributed by atoms with Crippen LogP contribution in [0.25, 0.3) is 0 Å². The van der Waals surface area contributed by atoms with Crippen LogP contribution in [0.1, 0.15) is 36.2 Å². The lowest BCUT2D eigenvalue weighted by atomic mass is 10.1. The Hall–Kier alpha value is -4.80. The summed E-state index contributed by atoms with van der Waals surface area (Å²) in [6.45, 7) is 0. The third-order valence-electron chi connectivity index (χ3n) is 6.07. The molecule has 8 nitrogen and oxygen atoms in total. The molecular formula is C32H30F2N2O6. The van der Waals surface area contributed by atoms with E-state index in [1.807, 2.05) is 12.1 Å². The van der Waals surface area contributed by atoms with Crippen LogP contribution in [0, 0.1) is 11.6 Å². The Kier molecular flexibility index (Phi) is 10.6. The van der Waals surface area contributed by atoms with Crippen LogP contribution in [0.3, 0.4) is 0 Å². The van der Waals surface area contributed by atoms with Gasteiger partial charge in [-0.15, -0.1) is 0 Å². The summed E-state index contributed by atoms with van der Waals surface area (Å²) >= 11 is 0. The highest BCUT2D eigenvalue weighted by Crippen LogP contribution is 2.28. The van der Waals surface area contributed by atoms with Crippen LogP contribution in [0.15, 0.2) is 109 Å². The minimum atomic E-state index is -1.35. The first-order chi connectivity index (χ1) is 20.3. The Morgan fingerprint density at radius 2 is 0.952 bits per heavy atom. The highest BCUT2D eigenvalue weighted by Gasteiger charge is 2.28. The van der Waals surface area contributed by atoms with E-state index in [9.17, 15) is 18.4 Å². The molecule has 42 heavy (non-hydrogen) atoms. The van der Waals surface area contributed by atoms with E-state index in [0.717, 1.165) is 0 Å². The Balaban J connectivity index is 1.36. The van der Waals surface area contributed by atoms with Gasteiger partial charge in [0.15, 0.2) is 12.5 Å². The molecular weight excluding hydrogens is 546 g/mol. The summed E-state index contributed by atoms with van der Waals surface area (Å²) in [5, 5.41) is 0. The van der Waals surface area contributed by atoms with Crippen LogP contribution in [0.4, 0.5) is 8.78 Å². The van der Waals surface area contributed by atoms with Crippen molar-refractivity contribution in [2.45, 2.75) is 37.5 Å². The van der Waals surface area contributed by atoms with Gasteiger partial charge in [0.05, 0.1) is 0 Å². The van der Waals surface area contributed by atoms with Crippen molar-refractivity contribution in [2.75, 3.05) is 0 Å². The van der Waals surface area contributed by atoms with Gasteiger partial charge >= 0.3 is 11.9 Å². The third kappa shape index (κ3) is 9.12. The lowest BCUT2D eigenvalue weighted by Gasteiger charge is -2.24. The van der Waals surface area contributed by atoms with E-state index in [-0.39, 0.29) is 24.3 Å². The number of halogens is 2. The SMILES string of the molecule is NC(CC(Oc1cccc(F)c1)c1ccccc1)OC(=O)C(=O)OC(N)CC(Oc1cccc(F)c1)c1ccccc1. The van der Waals surface area contributed by atoms with Gasteiger partial charge in [-0.1, -0.05) is 72.8 Å². The van der Waals surface area contributed by atoms with Gasteiger partial charge in [0.1, 0.15) is 35.3 Å². The molecule has 4 rings (SSSR count). The zero-order valence-electron chi connectivity index (χ0n) is 22.5. The Morgan fingerprint density at radius 1 is 0.571 bits per heavy atom. The average Bonchev–Trinajstić information content (AvgIpc) is 2.97. The monoisotopic (exact) mass is 576 g/mol. The summed E-state index contributed by atoms with van der Waals surface area (Å²) in [7, 11) is 0. The molecule has 0 saturated carbocycles. The summed E-state index contributed by atoms with van der Waals surface area (Å²) in [6, 6.07) is 29.0. The molecule has 0 aliphatic carbocycles. The van der Waals surface area contributed by atoms with Crippen molar-refractivity contribution >= 4 is 11.9 Å². The molecule has 0 amide bonds. The number of nitrogens with two attached hydrogens (primary N) is 2. The molecule has 0 radical (unpaired) electrons. The molecule has 4 aromatic rings. The maximum Gasteiger partial charge on any atom is 0.419 e. The fraction of sp³-hybridized carbons (Fsp3) is 0.188. The van der Waals surface area contributed by atoms with Gasteiger partial charge in [-0.25, -0.2) is 18.4 Å². The molecule has 0 aliphatic heterocycles. The minimum absolute atomic E-state index is 0.0524. The molecule has 4 aromatic carbocycles. The normalized spacial score (nSPS) is 13.7. The predicted molar refractivity (Wildman–Crippen MR) is 150 cm³/mol. The van der Waals surface area contributed by atoms with E-state index in [4.69, 9.17) is 30.4 Å². The van der Waals surface area contributed by atoms with Crippen molar-refractivity contribution in [1.82, 2.24) is 0 Å². The van der Waals surface area contributed by atoms with Gasteiger partial charge in [-0.2, -0.15) is 0 Å². The molecule has 4 atom stereocenters. The molecule has 0 heterocycles.